The van der Waals surface area contributed by atoms with Gasteiger partial charge in [-0.25, -0.2) is 22.8 Å². The number of rotatable bonds is 6. The van der Waals surface area contributed by atoms with E-state index in [-0.39, 0.29) is 10.9 Å². The molecule has 6 rings (SSSR count). The molecule has 0 bridgehead atoms. The van der Waals surface area contributed by atoms with Crippen LogP contribution in [0.2, 0.25) is 5.02 Å². The van der Waals surface area contributed by atoms with Gasteiger partial charge in [0.2, 0.25) is 16.0 Å². The average Bonchev–Trinajstić information content (AvgIpc) is 3.51. The van der Waals surface area contributed by atoms with Gasteiger partial charge in [-0.3, -0.25) is 4.40 Å². The number of hydrogen-bond donors (Lipinski definition) is 1. The molecule has 1 saturated heterocycles. The third-order valence-electron chi connectivity index (χ3n) is 6.50. The van der Waals surface area contributed by atoms with Gasteiger partial charge in [0.25, 0.3) is 0 Å². The van der Waals surface area contributed by atoms with E-state index in [1.807, 2.05) is 22.6 Å². The van der Waals surface area contributed by atoms with Crippen molar-refractivity contribution < 1.29 is 17.2 Å². The number of nitrogens with zero attached hydrogens (tertiary/aromatic N) is 5. The molecule has 1 fully saturated rings. The monoisotopic (exact) mass is 552 g/mol. The third-order valence-corrected chi connectivity index (χ3v) is 8.64. The van der Waals surface area contributed by atoms with Crippen molar-refractivity contribution in [3.63, 3.8) is 0 Å². The van der Waals surface area contributed by atoms with Crippen molar-refractivity contribution in [3.05, 3.63) is 84.1 Å². The van der Waals surface area contributed by atoms with Crippen molar-refractivity contribution in [2.24, 2.45) is 0 Å². The van der Waals surface area contributed by atoms with Crippen LogP contribution in [0.25, 0.3) is 28.5 Å². The Morgan fingerprint density at radius 2 is 1.84 bits per heavy atom. The van der Waals surface area contributed by atoms with Crippen LogP contribution in [0, 0.1) is 5.82 Å². The largest absolute Gasteiger partial charge is 0.432 e. The van der Waals surface area contributed by atoms with E-state index >= 15 is 0 Å². The SMILES string of the molecule is O=S(=O)(c1ccc(F)cc1)N1CCC(Nc2nccc(-c3c(-c4cccc(Cl)c4)nc4occn34)n2)CC1. The van der Waals surface area contributed by atoms with Crippen LogP contribution >= 0.6 is 11.6 Å². The van der Waals surface area contributed by atoms with Gasteiger partial charge in [-0.2, -0.15) is 9.29 Å². The van der Waals surface area contributed by atoms with Gasteiger partial charge in [0.05, 0.1) is 10.6 Å². The molecule has 0 atom stereocenters. The Bertz CT molecular complexity index is 1710. The molecule has 9 nitrogen and oxygen atoms in total. The second-order valence-electron chi connectivity index (χ2n) is 8.92. The van der Waals surface area contributed by atoms with Crippen LogP contribution in [0.4, 0.5) is 10.3 Å². The van der Waals surface area contributed by atoms with E-state index < -0.39 is 15.8 Å². The minimum Gasteiger partial charge on any atom is -0.432 e. The highest BCUT2D eigenvalue weighted by Gasteiger charge is 2.30. The first-order chi connectivity index (χ1) is 18.4. The van der Waals surface area contributed by atoms with Gasteiger partial charge in [0.15, 0.2) is 0 Å². The summed E-state index contributed by atoms with van der Waals surface area (Å²) in [6.07, 6.45) is 6.14. The number of sulfonamides is 1. The highest BCUT2D eigenvalue weighted by atomic mass is 35.5. The van der Waals surface area contributed by atoms with Gasteiger partial charge in [0.1, 0.15) is 23.5 Å². The van der Waals surface area contributed by atoms with E-state index in [0.29, 0.717) is 54.1 Å². The first-order valence-corrected chi connectivity index (χ1v) is 13.8. The lowest BCUT2D eigenvalue weighted by Crippen LogP contribution is -2.42. The van der Waals surface area contributed by atoms with Crippen LogP contribution in [0.5, 0.6) is 0 Å². The minimum atomic E-state index is -3.68. The smallest absolute Gasteiger partial charge is 0.306 e. The summed E-state index contributed by atoms with van der Waals surface area (Å²) in [5.41, 5.74) is 2.88. The third kappa shape index (κ3) is 4.64. The van der Waals surface area contributed by atoms with Crippen LogP contribution in [0.3, 0.4) is 0 Å². The first kappa shape index (κ1) is 24.5. The maximum atomic E-state index is 13.2. The van der Waals surface area contributed by atoms with Crippen molar-refractivity contribution in [2.75, 3.05) is 18.4 Å². The molecule has 4 heterocycles. The van der Waals surface area contributed by atoms with Crippen LogP contribution < -0.4 is 5.32 Å². The van der Waals surface area contributed by atoms with E-state index in [1.165, 1.54) is 16.4 Å². The molecule has 3 aromatic heterocycles. The normalized spacial score (nSPS) is 15.2. The van der Waals surface area contributed by atoms with Gasteiger partial charge in [-0.1, -0.05) is 23.7 Å². The number of benzene rings is 2. The van der Waals surface area contributed by atoms with Gasteiger partial charge < -0.3 is 9.73 Å². The van der Waals surface area contributed by atoms with E-state index in [0.717, 1.165) is 23.4 Å². The number of nitrogens with one attached hydrogen (secondary N) is 1. The van der Waals surface area contributed by atoms with Crippen molar-refractivity contribution in [2.45, 2.75) is 23.8 Å². The second kappa shape index (κ2) is 9.82. The molecule has 0 aliphatic carbocycles. The summed E-state index contributed by atoms with van der Waals surface area (Å²) >= 11 is 6.23. The molecule has 2 aromatic carbocycles. The summed E-state index contributed by atoms with van der Waals surface area (Å²) in [6, 6.07) is 14.1. The topological polar surface area (TPSA) is 106 Å². The molecule has 0 amide bonds. The molecule has 1 aliphatic rings. The van der Waals surface area contributed by atoms with Crippen molar-refractivity contribution in [1.82, 2.24) is 23.7 Å². The molecule has 194 valence electrons. The summed E-state index contributed by atoms with van der Waals surface area (Å²) in [5.74, 6) is 0.383. The molecule has 0 spiro atoms. The van der Waals surface area contributed by atoms with Crippen LogP contribution in [0.15, 0.2) is 82.6 Å². The number of halogens is 2. The van der Waals surface area contributed by atoms with Gasteiger partial charge in [-0.05, 0) is 55.3 Å². The standard InChI is InChI=1S/C26H22ClFN6O3S/c27-18-3-1-2-17(16-18)23-24(34-14-15-37-26(34)32-23)22-8-11-29-25(31-22)30-20-9-12-33(13-10-20)38(35,36)21-6-4-19(28)5-7-21/h1-8,11,14-16,20H,9-10,12-13H2,(H,29,30,31). The lowest BCUT2D eigenvalue weighted by molar-refractivity contribution is 0.329. The molecule has 1 N–H and O–H groups in total. The Kier molecular flexibility index (Phi) is 6.34. The fourth-order valence-electron chi connectivity index (χ4n) is 4.61. The predicted octanol–water partition coefficient (Wildman–Crippen LogP) is 5.11. The summed E-state index contributed by atoms with van der Waals surface area (Å²) in [7, 11) is -3.68. The van der Waals surface area contributed by atoms with Crippen molar-refractivity contribution in [1.29, 1.82) is 0 Å². The quantitative estimate of drug-likeness (QED) is 0.312. The lowest BCUT2D eigenvalue weighted by atomic mass is 10.1. The Morgan fingerprint density at radius 3 is 2.61 bits per heavy atom. The Balaban J connectivity index is 1.21. The minimum absolute atomic E-state index is 0.0169. The van der Waals surface area contributed by atoms with E-state index in [1.54, 1.807) is 30.8 Å². The fourth-order valence-corrected chi connectivity index (χ4v) is 6.27. The number of anilines is 1. The van der Waals surface area contributed by atoms with Gasteiger partial charge in [0, 0.05) is 42.1 Å². The highest BCUT2D eigenvalue weighted by Crippen LogP contribution is 2.33. The number of imidazole rings is 1. The molecular weight excluding hydrogens is 531 g/mol. The van der Waals surface area contributed by atoms with E-state index in [2.05, 4.69) is 15.3 Å². The van der Waals surface area contributed by atoms with Crippen molar-refractivity contribution in [3.8, 4) is 22.6 Å². The van der Waals surface area contributed by atoms with E-state index in [9.17, 15) is 12.8 Å². The molecule has 1 aliphatic heterocycles. The molecule has 0 radical (unpaired) electrons. The Labute approximate surface area is 223 Å². The van der Waals surface area contributed by atoms with Gasteiger partial charge in [-0.15, -0.1) is 0 Å². The number of fused-ring (bicyclic) bond motifs is 1. The molecule has 12 heteroatoms. The molecule has 5 aromatic rings. The van der Waals surface area contributed by atoms with Crippen LogP contribution in [-0.2, 0) is 10.0 Å². The lowest BCUT2D eigenvalue weighted by Gasteiger charge is -2.31. The molecule has 38 heavy (non-hydrogen) atoms. The fraction of sp³-hybridized carbons (Fsp3) is 0.192. The summed E-state index contributed by atoms with van der Waals surface area (Å²) in [5, 5.41) is 3.94. The van der Waals surface area contributed by atoms with Crippen molar-refractivity contribution >= 4 is 33.4 Å². The first-order valence-electron chi connectivity index (χ1n) is 12.0. The van der Waals surface area contributed by atoms with E-state index in [4.69, 9.17) is 21.0 Å². The molecule has 0 saturated carbocycles. The zero-order valence-corrected chi connectivity index (χ0v) is 21.5. The summed E-state index contributed by atoms with van der Waals surface area (Å²) in [6.45, 7) is 0.655. The average molecular weight is 553 g/mol. The van der Waals surface area contributed by atoms with Gasteiger partial charge >= 0.3 is 5.84 Å². The molecular formula is C26H22ClFN6O3S. The van der Waals surface area contributed by atoms with Crippen LogP contribution in [-0.4, -0.2) is 51.2 Å². The number of piperidine rings is 1. The van der Waals surface area contributed by atoms with Crippen LogP contribution in [0.1, 0.15) is 12.8 Å². The predicted molar refractivity (Wildman–Crippen MR) is 141 cm³/mol. The Hall–Kier alpha value is -3.80. The highest BCUT2D eigenvalue weighted by molar-refractivity contribution is 7.89. The number of hydrogen-bond acceptors (Lipinski definition) is 7. The summed E-state index contributed by atoms with van der Waals surface area (Å²) < 4.78 is 47.9. The number of aromatic nitrogens is 4. The summed E-state index contributed by atoms with van der Waals surface area (Å²) in [4.78, 5) is 13.9. The second-order valence-corrected chi connectivity index (χ2v) is 11.3. The molecule has 0 unspecified atom stereocenters. The zero-order chi connectivity index (χ0) is 26.3. The maximum absolute atomic E-state index is 13.2. The Morgan fingerprint density at radius 1 is 1.05 bits per heavy atom. The maximum Gasteiger partial charge on any atom is 0.306 e. The zero-order valence-electron chi connectivity index (χ0n) is 20.0. The number of oxazole rings is 1.